The van der Waals surface area contributed by atoms with Gasteiger partial charge in [0.15, 0.2) is 12.4 Å². The predicted molar refractivity (Wildman–Crippen MR) is 99.1 cm³/mol. The number of ketones is 1. The second-order valence-electron chi connectivity index (χ2n) is 6.06. The Kier molecular flexibility index (Phi) is 6.33. The van der Waals surface area contributed by atoms with Crippen molar-refractivity contribution < 1.29 is 23.5 Å². The van der Waals surface area contributed by atoms with E-state index in [9.17, 15) is 14.0 Å². The Bertz CT molecular complexity index is 826. The summed E-state index contributed by atoms with van der Waals surface area (Å²) >= 11 is 0. The van der Waals surface area contributed by atoms with Crippen LogP contribution >= 0.6 is 0 Å². The molecule has 1 heterocycles. The van der Waals surface area contributed by atoms with Crippen LogP contribution in [0.3, 0.4) is 0 Å². The molecule has 3 rings (SSSR count). The molecule has 0 radical (unpaired) electrons. The topological polar surface area (TPSA) is 55.8 Å². The van der Waals surface area contributed by atoms with E-state index in [-0.39, 0.29) is 24.1 Å². The van der Waals surface area contributed by atoms with E-state index in [0.717, 1.165) is 0 Å². The first-order valence-electron chi connectivity index (χ1n) is 8.68. The van der Waals surface area contributed by atoms with Crippen LogP contribution in [-0.4, -0.2) is 49.5 Å². The van der Waals surface area contributed by atoms with Gasteiger partial charge in [-0.1, -0.05) is 18.2 Å². The van der Waals surface area contributed by atoms with Gasteiger partial charge in [-0.05, 0) is 48.0 Å². The minimum atomic E-state index is -0.349. The smallest absolute Gasteiger partial charge is 0.260 e. The van der Waals surface area contributed by atoms with E-state index in [1.54, 1.807) is 47.4 Å². The van der Waals surface area contributed by atoms with Crippen LogP contribution in [0.1, 0.15) is 15.9 Å². The summed E-state index contributed by atoms with van der Waals surface area (Å²) in [4.78, 5) is 25.9. The highest BCUT2D eigenvalue weighted by molar-refractivity contribution is 6.06. The van der Waals surface area contributed by atoms with E-state index in [1.165, 1.54) is 18.2 Å². The lowest BCUT2D eigenvalue weighted by Crippen LogP contribution is -2.42. The Morgan fingerprint density at radius 2 is 1.85 bits per heavy atom. The Balaban J connectivity index is 1.53. The van der Waals surface area contributed by atoms with Crippen LogP contribution in [0.5, 0.6) is 5.75 Å². The zero-order chi connectivity index (χ0) is 19.1. The number of allylic oxidation sites excluding steroid dienone is 1. The number of halogens is 1. The molecule has 0 spiro atoms. The Morgan fingerprint density at radius 3 is 2.56 bits per heavy atom. The number of benzene rings is 2. The van der Waals surface area contributed by atoms with Gasteiger partial charge in [-0.2, -0.15) is 0 Å². The molecule has 2 aromatic carbocycles. The molecule has 0 N–H and O–H groups in total. The highest BCUT2D eigenvalue weighted by atomic mass is 19.1. The number of nitrogens with zero attached hydrogens (tertiary/aromatic N) is 1. The lowest BCUT2D eigenvalue weighted by Gasteiger charge is -2.26. The highest BCUT2D eigenvalue weighted by Gasteiger charge is 2.17. The molecule has 1 fully saturated rings. The third-order valence-electron chi connectivity index (χ3n) is 4.14. The number of ether oxygens (including phenoxy) is 2. The summed E-state index contributed by atoms with van der Waals surface area (Å²) in [5.41, 5.74) is 1.10. The van der Waals surface area contributed by atoms with Gasteiger partial charge in [0.2, 0.25) is 0 Å². The van der Waals surface area contributed by atoms with Crippen molar-refractivity contribution >= 4 is 17.8 Å². The first-order chi connectivity index (χ1) is 13.1. The molecule has 0 aliphatic carbocycles. The van der Waals surface area contributed by atoms with E-state index in [2.05, 4.69) is 0 Å². The summed E-state index contributed by atoms with van der Waals surface area (Å²) < 4.78 is 23.8. The molecule has 2 aromatic rings. The first-order valence-corrected chi connectivity index (χ1v) is 8.68. The number of rotatable bonds is 6. The van der Waals surface area contributed by atoms with Crippen LogP contribution in [0.25, 0.3) is 6.08 Å². The Labute approximate surface area is 157 Å². The van der Waals surface area contributed by atoms with Crippen LogP contribution in [-0.2, 0) is 9.53 Å². The lowest BCUT2D eigenvalue weighted by atomic mass is 10.1. The van der Waals surface area contributed by atoms with Crippen molar-refractivity contribution in [3.63, 3.8) is 0 Å². The largest absolute Gasteiger partial charge is 0.484 e. The number of carbonyl (C=O) groups excluding carboxylic acids is 2. The van der Waals surface area contributed by atoms with Gasteiger partial charge in [-0.3, -0.25) is 9.59 Å². The summed E-state index contributed by atoms with van der Waals surface area (Å²) in [5.74, 6) is -0.119. The van der Waals surface area contributed by atoms with Gasteiger partial charge in [0.1, 0.15) is 11.6 Å². The highest BCUT2D eigenvalue weighted by Crippen LogP contribution is 2.14. The van der Waals surface area contributed by atoms with Gasteiger partial charge in [-0.15, -0.1) is 0 Å². The third-order valence-corrected chi connectivity index (χ3v) is 4.14. The second-order valence-corrected chi connectivity index (χ2v) is 6.06. The van der Waals surface area contributed by atoms with Gasteiger partial charge in [-0.25, -0.2) is 4.39 Å². The van der Waals surface area contributed by atoms with Crippen molar-refractivity contribution in [3.05, 3.63) is 71.6 Å². The van der Waals surface area contributed by atoms with Gasteiger partial charge in [0.25, 0.3) is 5.91 Å². The zero-order valence-electron chi connectivity index (χ0n) is 14.8. The molecule has 0 bridgehead atoms. The van der Waals surface area contributed by atoms with Crippen molar-refractivity contribution in [2.24, 2.45) is 0 Å². The maximum Gasteiger partial charge on any atom is 0.260 e. The van der Waals surface area contributed by atoms with Crippen molar-refractivity contribution in [2.45, 2.75) is 0 Å². The Hall–Kier alpha value is -2.99. The summed E-state index contributed by atoms with van der Waals surface area (Å²) in [5, 5.41) is 0. The molecule has 1 aliphatic heterocycles. The average molecular weight is 369 g/mol. The van der Waals surface area contributed by atoms with Crippen LogP contribution in [0.2, 0.25) is 0 Å². The summed E-state index contributed by atoms with van der Waals surface area (Å²) in [6, 6.07) is 12.6. The summed E-state index contributed by atoms with van der Waals surface area (Å²) in [7, 11) is 0. The molecule has 1 aliphatic rings. The third kappa shape index (κ3) is 5.49. The molecule has 1 amide bonds. The molecule has 0 atom stereocenters. The summed E-state index contributed by atoms with van der Waals surface area (Å²) in [6.07, 6.45) is 2.96. The predicted octanol–water partition coefficient (Wildman–Crippen LogP) is 2.96. The fourth-order valence-electron chi connectivity index (χ4n) is 2.64. The van der Waals surface area contributed by atoms with E-state index < -0.39 is 0 Å². The number of amides is 1. The molecule has 0 unspecified atom stereocenters. The van der Waals surface area contributed by atoms with Crippen LogP contribution in [0.15, 0.2) is 54.6 Å². The van der Waals surface area contributed by atoms with E-state index in [4.69, 9.17) is 9.47 Å². The van der Waals surface area contributed by atoms with Crippen molar-refractivity contribution in [1.82, 2.24) is 4.90 Å². The second kappa shape index (κ2) is 9.09. The van der Waals surface area contributed by atoms with Gasteiger partial charge in [0, 0.05) is 18.7 Å². The SMILES string of the molecule is O=C(/C=C/c1cccc(F)c1)c1ccc(OCC(=O)N2CCOCC2)cc1. The van der Waals surface area contributed by atoms with E-state index in [0.29, 0.717) is 43.2 Å². The molecule has 0 saturated carbocycles. The normalized spacial score (nSPS) is 14.3. The van der Waals surface area contributed by atoms with Crippen LogP contribution in [0.4, 0.5) is 4.39 Å². The molecule has 5 nitrogen and oxygen atoms in total. The minimum absolute atomic E-state index is 0.0488. The fourth-order valence-corrected chi connectivity index (χ4v) is 2.64. The molecule has 27 heavy (non-hydrogen) atoms. The molecular formula is C21H20FNO4. The van der Waals surface area contributed by atoms with Crippen molar-refractivity contribution in [1.29, 1.82) is 0 Å². The monoisotopic (exact) mass is 369 g/mol. The number of hydrogen-bond donors (Lipinski definition) is 0. The maximum atomic E-state index is 13.1. The van der Waals surface area contributed by atoms with Crippen molar-refractivity contribution in [2.75, 3.05) is 32.9 Å². The molecule has 140 valence electrons. The van der Waals surface area contributed by atoms with Gasteiger partial charge >= 0.3 is 0 Å². The summed E-state index contributed by atoms with van der Waals surface area (Å²) in [6.45, 7) is 2.20. The quantitative estimate of drug-likeness (QED) is 0.580. The Morgan fingerprint density at radius 1 is 1.11 bits per heavy atom. The number of carbonyl (C=O) groups is 2. The van der Waals surface area contributed by atoms with Crippen molar-refractivity contribution in [3.8, 4) is 5.75 Å². The first kappa shape index (κ1) is 18.8. The number of hydrogen-bond acceptors (Lipinski definition) is 4. The maximum absolute atomic E-state index is 13.1. The standard InChI is InChI=1S/C21H20FNO4/c22-18-3-1-2-16(14-18)4-9-20(24)17-5-7-19(8-6-17)27-15-21(25)23-10-12-26-13-11-23/h1-9,14H,10-13,15H2/b9-4+. The van der Waals surface area contributed by atoms with Gasteiger partial charge < -0.3 is 14.4 Å². The molecule has 6 heteroatoms. The minimum Gasteiger partial charge on any atom is -0.484 e. The van der Waals surface area contributed by atoms with Crippen LogP contribution < -0.4 is 4.74 Å². The number of morpholine rings is 1. The van der Waals surface area contributed by atoms with E-state index >= 15 is 0 Å². The fraction of sp³-hybridized carbons (Fsp3) is 0.238. The van der Waals surface area contributed by atoms with Crippen LogP contribution in [0, 0.1) is 5.82 Å². The van der Waals surface area contributed by atoms with E-state index in [1.807, 2.05) is 0 Å². The molecule has 0 aromatic heterocycles. The molecular weight excluding hydrogens is 349 g/mol. The average Bonchev–Trinajstić information content (AvgIpc) is 2.71. The lowest BCUT2D eigenvalue weighted by molar-refractivity contribution is -0.137. The molecule has 1 saturated heterocycles. The zero-order valence-corrected chi connectivity index (χ0v) is 14.8. The van der Waals surface area contributed by atoms with Gasteiger partial charge in [0.05, 0.1) is 13.2 Å².